The lowest BCUT2D eigenvalue weighted by atomic mass is 10.1. The van der Waals surface area contributed by atoms with Crippen molar-refractivity contribution in [2.75, 3.05) is 6.61 Å². The van der Waals surface area contributed by atoms with Crippen LogP contribution in [0.25, 0.3) is 0 Å². The number of ether oxygens (including phenoxy) is 1. The van der Waals surface area contributed by atoms with Gasteiger partial charge < -0.3 is 4.74 Å². The van der Waals surface area contributed by atoms with Crippen molar-refractivity contribution in [3.8, 4) is 5.75 Å². The van der Waals surface area contributed by atoms with Crippen molar-refractivity contribution in [1.82, 2.24) is 0 Å². The second-order valence-corrected chi connectivity index (χ2v) is 3.32. The molecular formula is C9H10ClNO2. The fourth-order valence-electron chi connectivity index (χ4n) is 1.55. The van der Waals surface area contributed by atoms with Crippen molar-refractivity contribution >= 4 is 11.6 Å². The summed E-state index contributed by atoms with van der Waals surface area (Å²) in [5.41, 5.74) is 2.07. The highest BCUT2D eigenvalue weighted by Gasteiger charge is 2.18. The van der Waals surface area contributed by atoms with E-state index in [4.69, 9.17) is 22.2 Å². The first-order valence-electron chi connectivity index (χ1n) is 4.07. The molecule has 0 radical (unpaired) electrons. The average molecular weight is 200 g/mol. The van der Waals surface area contributed by atoms with Crippen LogP contribution in [0.4, 0.5) is 0 Å². The van der Waals surface area contributed by atoms with E-state index in [1.165, 1.54) is 0 Å². The van der Waals surface area contributed by atoms with Crippen LogP contribution in [-0.4, -0.2) is 6.61 Å². The molecule has 4 heteroatoms. The molecule has 0 fully saturated rings. The Labute approximate surface area is 81.3 Å². The molecule has 1 aliphatic heterocycles. The van der Waals surface area contributed by atoms with Crippen LogP contribution >= 0.6 is 11.6 Å². The van der Waals surface area contributed by atoms with E-state index in [9.17, 15) is 0 Å². The van der Waals surface area contributed by atoms with Crippen LogP contribution in [0.1, 0.15) is 11.1 Å². The minimum Gasteiger partial charge on any atom is -0.493 e. The summed E-state index contributed by atoms with van der Waals surface area (Å²) in [5.74, 6) is 5.92. The monoisotopic (exact) mass is 199 g/mol. The van der Waals surface area contributed by atoms with Crippen LogP contribution in [0.3, 0.4) is 0 Å². The van der Waals surface area contributed by atoms with Crippen molar-refractivity contribution in [2.24, 2.45) is 5.90 Å². The van der Waals surface area contributed by atoms with E-state index >= 15 is 0 Å². The molecule has 2 rings (SSSR count). The number of rotatable bonds is 2. The van der Waals surface area contributed by atoms with Gasteiger partial charge in [0.1, 0.15) is 5.75 Å². The number of nitrogens with two attached hydrogens (primary N) is 1. The van der Waals surface area contributed by atoms with Crippen molar-refractivity contribution < 1.29 is 9.57 Å². The Morgan fingerprint density at radius 2 is 2.38 bits per heavy atom. The first-order chi connectivity index (χ1) is 6.33. The second-order valence-electron chi connectivity index (χ2n) is 2.91. The molecule has 1 aliphatic rings. The fourth-order valence-corrected chi connectivity index (χ4v) is 1.79. The summed E-state index contributed by atoms with van der Waals surface area (Å²) in [6.45, 7) is 1.05. The minimum atomic E-state index is 0.339. The van der Waals surface area contributed by atoms with Gasteiger partial charge in [-0.25, -0.2) is 5.90 Å². The van der Waals surface area contributed by atoms with Crippen LogP contribution in [0.5, 0.6) is 5.75 Å². The fraction of sp³-hybridized carbons (Fsp3) is 0.333. The first-order valence-corrected chi connectivity index (χ1v) is 4.45. The molecule has 0 unspecified atom stereocenters. The minimum absolute atomic E-state index is 0.339. The standard InChI is InChI=1S/C9H10ClNO2/c10-8-1-2-9-6(3-4-12-9)7(8)5-13-11/h1-2H,3-5,11H2. The molecule has 70 valence electrons. The quantitative estimate of drug-likeness (QED) is 0.737. The Bertz CT molecular complexity index is 328. The van der Waals surface area contributed by atoms with Gasteiger partial charge in [-0.15, -0.1) is 0 Å². The van der Waals surface area contributed by atoms with Gasteiger partial charge in [0.25, 0.3) is 0 Å². The molecule has 2 N–H and O–H groups in total. The highest BCUT2D eigenvalue weighted by atomic mass is 35.5. The molecule has 0 aromatic heterocycles. The van der Waals surface area contributed by atoms with Crippen LogP contribution in [0.15, 0.2) is 12.1 Å². The third-order valence-electron chi connectivity index (χ3n) is 2.17. The van der Waals surface area contributed by atoms with Crippen molar-refractivity contribution in [1.29, 1.82) is 0 Å². The first kappa shape index (κ1) is 8.81. The summed E-state index contributed by atoms with van der Waals surface area (Å²) in [6.07, 6.45) is 0.884. The summed E-state index contributed by atoms with van der Waals surface area (Å²) in [6, 6.07) is 3.69. The Hall–Kier alpha value is -0.770. The second kappa shape index (κ2) is 3.54. The van der Waals surface area contributed by atoms with Gasteiger partial charge in [0.05, 0.1) is 13.2 Å². The zero-order valence-corrected chi connectivity index (χ0v) is 7.80. The van der Waals surface area contributed by atoms with E-state index in [1.54, 1.807) is 6.07 Å². The number of hydrogen-bond acceptors (Lipinski definition) is 3. The molecule has 1 aromatic rings. The number of halogens is 1. The summed E-state index contributed by atoms with van der Waals surface area (Å²) in [4.78, 5) is 4.59. The predicted octanol–water partition coefficient (Wildman–Crippen LogP) is 1.67. The van der Waals surface area contributed by atoms with E-state index in [-0.39, 0.29) is 0 Å². The Kier molecular flexibility index (Phi) is 2.40. The predicted molar refractivity (Wildman–Crippen MR) is 49.6 cm³/mol. The van der Waals surface area contributed by atoms with Crippen molar-refractivity contribution in [3.63, 3.8) is 0 Å². The third-order valence-corrected chi connectivity index (χ3v) is 2.52. The van der Waals surface area contributed by atoms with E-state index < -0.39 is 0 Å². The smallest absolute Gasteiger partial charge is 0.123 e. The SMILES string of the molecule is NOCc1c(Cl)ccc2c1CCO2. The lowest BCUT2D eigenvalue weighted by molar-refractivity contribution is 0.123. The Morgan fingerprint density at radius 1 is 1.54 bits per heavy atom. The molecule has 0 spiro atoms. The van der Waals surface area contributed by atoms with Gasteiger partial charge in [-0.1, -0.05) is 11.6 Å². The molecular weight excluding hydrogens is 190 g/mol. The van der Waals surface area contributed by atoms with E-state index in [1.807, 2.05) is 6.07 Å². The van der Waals surface area contributed by atoms with Gasteiger partial charge >= 0.3 is 0 Å². The summed E-state index contributed by atoms with van der Waals surface area (Å²) in [7, 11) is 0. The molecule has 0 aliphatic carbocycles. The van der Waals surface area contributed by atoms with Gasteiger partial charge in [-0.2, -0.15) is 0 Å². The Balaban J connectivity index is 2.45. The van der Waals surface area contributed by atoms with Crippen LogP contribution in [0, 0.1) is 0 Å². The Morgan fingerprint density at radius 3 is 3.15 bits per heavy atom. The molecule has 0 saturated carbocycles. The molecule has 3 nitrogen and oxygen atoms in total. The molecule has 0 bridgehead atoms. The van der Waals surface area contributed by atoms with E-state index in [2.05, 4.69) is 4.84 Å². The summed E-state index contributed by atoms with van der Waals surface area (Å²) < 4.78 is 5.39. The molecule has 1 aromatic carbocycles. The molecule has 1 heterocycles. The normalized spacial score (nSPS) is 14.0. The lowest BCUT2D eigenvalue weighted by Crippen LogP contribution is -2.02. The highest BCUT2D eigenvalue weighted by molar-refractivity contribution is 6.31. The largest absolute Gasteiger partial charge is 0.493 e. The van der Waals surface area contributed by atoms with Gasteiger partial charge in [0.15, 0.2) is 0 Å². The number of fused-ring (bicyclic) bond motifs is 1. The number of benzene rings is 1. The molecule has 0 saturated heterocycles. The van der Waals surface area contributed by atoms with E-state index in [0.717, 1.165) is 23.3 Å². The number of hydrogen-bond donors (Lipinski definition) is 1. The lowest BCUT2D eigenvalue weighted by Gasteiger charge is -2.07. The zero-order valence-electron chi connectivity index (χ0n) is 7.05. The van der Waals surface area contributed by atoms with Crippen molar-refractivity contribution in [3.05, 3.63) is 28.3 Å². The molecule has 0 atom stereocenters. The highest BCUT2D eigenvalue weighted by Crippen LogP contribution is 2.33. The average Bonchev–Trinajstić information content (AvgIpc) is 2.58. The van der Waals surface area contributed by atoms with Gasteiger partial charge in [-0.05, 0) is 12.1 Å². The molecule has 0 amide bonds. The van der Waals surface area contributed by atoms with Crippen LogP contribution in [-0.2, 0) is 17.9 Å². The van der Waals surface area contributed by atoms with Gasteiger partial charge in [0, 0.05) is 22.6 Å². The summed E-state index contributed by atoms with van der Waals surface area (Å²) >= 11 is 6.00. The van der Waals surface area contributed by atoms with Crippen LogP contribution < -0.4 is 10.6 Å². The maximum absolute atomic E-state index is 6.00. The van der Waals surface area contributed by atoms with Crippen LogP contribution in [0.2, 0.25) is 5.02 Å². The van der Waals surface area contributed by atoms with E-state index in [0.29, 0.717) is 18.2 Å². The maximum atomic E-state index is 6.00. The topological polar surface area (TPSA) is 44.5 Å². The van der Waals surface area contributed by atoms with Gasteiger partial charge in [-0.3, -0.25) is 4.84 Å². The third kappa shape index (κ3) is 1.50. The zero-order chi connectivity index (χ0) is 9.26. The van der Waals surface area contributed by atoms with Crippen molar-refractivity contribution in [2.45, 2.75) is 13.0 Å². The van der Waals surface area contributed by atoms with Gasteiger partial charge in [0.2, 0.25) is 0 Å². The maximum Gasteiger partial charge on any atom is 0.123 e. The summed E-state index contributed by atoms with van der Waals surface area (Å²) in [5, 5.41) is 0.690. The molecule has 13 heavy (non-hydrogen) atoms.